The minimum absolute atomic E-state index is 0.00206. The number of halogens is 2. The van der Waals surface area contributed by atoms with Crippen molar-refractivity contribution in [3.05, 3.63) is 50.7 Å². The number of aromatic nitrogens is 1. The summed E-state index contributed by atoms with van der Waals surface area (Å²) in [6.07, 6.45) is 0.219. The van der Waals surface area contributed by atoms with Crippen LogP contribution in [0.1, 0.15) is 16.3 Å². The molecular formula is C13H11ClFNOS. The third kappa shape index (κ3) is 3.15. The van der Waals surface area contributed by atoms with Crippen LogP contribution in [0.25, 0.3) is 0 Å². The lowest BCUT2D eigenvalue weighted by atomic mass is 10.1. The van der Waals surface area contributed by atoms with Crippen molar-refractivity contribution in [2.24, 2.45) is 0 Å². The summed E-state index contributed by atoms with van der Waals surface area (Å²) in [5.74, 6) is -0.530. The van der Waals surface area contributed by atoms with Crippen LogP contribution in [-0.4, -0.2) is 10.8 Å². The summed E-state index contributed by atoms with van der Waals surface area (Å²) in [7, 11) is 0. The number of Topliss-reactive ketones (excluding diaryl/α,β-unsaturated/α-hetero) is 1. The molecule has 2 aromatic rings. The minimum atomic E-state index is -0.440. The van der Waals surface area contributed by atoms with Crippen LogP contribution in [0.5, 0.6) is 0 Å². The number of carbonyl (C=O) groups is 1. The molecule has 0 spiro atoms. The molecule has 0 aliphatic carbocycles. The van der Waals surface area contributed by atoms with Gasteiger partial charge in [-0.2, -0.15) is 0 Å². The molecule has 2 rings (SSSR count). The van der Waals surface area contributed by atoms with Gasteiger partial charge in [0.25, 0.3) is 0 Å². The molecule has 0 fully saturated rings. The molecule has 0 saturated carbocycles. The number of rotatable bonds is 4. The van der Waals surface area contributed by atoms with Crippen molar-refractivity contribution < 1.29 is 9.18 Å². The monoisotopic (exact) mass is 283 g/mol. The number of nitrogens with zero attached hydrogens (tertiary/aromatic N) is 1. The number of aryl methyl sites for hydroxylation is 1. The summed E-state index contributed by atoms with van der Waals surface area (Å²) in [5, 5.41) is 3.05. The summed E-state index contributed by atoms with van der Waals surface area (Å²) < 4.78 is 13.5. The lowest BCUT2D eigenvalue weighted by Crippen LogP contribution is -2.08. The van der Waals surface area contributed by atoms with Crippen LogP contribution in [0.15, 0.2) is 23.6 Å². The number of carbonyl (C=O) groups excluding carboxylic acids is 1. The normalized spacial score (nSPS) is 10.6. The minimum Gasteiger partial charge on any atom is -0.299 e. The molecule has 0 atom stereocenters. The maximum absolute atomic E-state index is 13.5. The Morgan fingerprint density at radius 3 is 2.83 bits per heavy atom. The Balaban J connectivity index is 2.08. The van der Waals surface area contributed by atoms with E-state index >= 15 is 0 Å². The van der Waals surface area contributed by atoms with Crippen molar-refractivity contribution in [1.82, 2.24) is 4.98 Å². The third-order valence-electron chi connectivity index (χ3n) is 2.48. The van der Waals surface area contributed by atoms with Crippen LogP contribution in [0.3, 0.4) is 0 Å². The molecule has 0 aliphatic heterocycles. The van der Waals surface area contributed by atoms with Crippen molar-refractivity contribution in [3.63, 3.8) is 0 Å². The molecule has 0 amide bonds. The average Bonchev–Trinajstić information content (AvgIpc) is 2.69. The standard InChI is InChI=1S/C13H11ClFNOS/c1-8-16-9(7-18-8)5-10(17)6-11-12(14)3-2-4-13(11)15/h2-4,7H,5-6H2,1H3. The highest BCUT2D eigenvalue weighted by Crippen LogP contribution is 2.20. The maximum Gasteiger partial charge on any atom is 0.143 e. The number of hydrogen-bond acceptors (Lipinski definition) is 3. The quantitative estimate of drug-likeness (QED) is 0.858. The van der Waals surface area contributed by atoms with E-state index in [2.05, 4.69) is 4.98 Å². The van der Waals surface area contributed by atoms with Gasteiger partial charge in [-0.3, -0.25) is 4.79 Å². The summed E-state index contributed by atoms with van der Waals surface area (Å²) in [5.41, 5.74) is 0.992. The summed E-state index contributed by atoms with van der Waals surface area (Å²) in [6, 6.07) is 4.41. The van der Waals surface area contributed by atoms with Crippen LogP contribution < -0.4 is 0 Å². The van der Waals surface area contributed by atoms with E-state index in [1.54, 1.807) is 6.07 Å². The molecule has 0 saturated heterocycles. The van der Waals surface area contributed by atoms with Gasteiger partial charge in [-0.25, -0.2) is 9.37 Å². The Hall–Kier alpha value is -1.26. The van der Waals surface area contributed by atoms with Gasteiger partial charge in [0.05, 0.1) is 10.7 Å². The Labute approximate surface area is 113 Å². The molecule has 94 valence electrons. The third-order valence-corrected chi connectivity index (χ3v) is 3.66. The molecule has 1 aromatic carbocycles. The highest BCUT2D eigenvalue weighted by Gasteiger charge is 2.13. The van der Waals surface area contributed by atoms with Crippen molar-refractivity contribution in [3.8, 4) is 0 Å². The number of benzene rings is 1. The zero-order chi connectivity index (χ0) is 13.1. The van der Waals surface area contributed by atoms with Gasteiger partial charge >= 0.3 is 0 Å². The van der Waals surface area contributed by atoms with E-state index < -0.39 is 5.82 Å². The van der Waals surface area contributed by atoms with E-state index in [0.717, 1.165) is 10.7 Å². The van der Waals surface area contributed by atoms with Crippen molar-refractivity contribution in [2.45, 2.75) is 19.8 Å². The van der Waals surface area contributed by atoms with Crippen molar-refractivity contribution in [1.29, 1.82) is 0 Å². The number of thiazole rings is 1. The molecule has 5 heteroatoms. The molecule has 0 bridgehead atoms. The summed E-state index contributed by atoms with van der Waals surface area (Å²) in [4.78, 5) is 16.0. The SMILES string of the molecule is Cc1nc(CC(=O)Cc2c(F)cccc2Cl)cs1. The lowest BCUT2D eigenvalue weighted by Gasteiger charge is -2.04. The molecule has 0 N–H and O–H groups in total. The first-order valence-electron chi connectivity index (χ1n) is 5.42. The average molecular weight is 284 g/mol. The van der Waals surface area contributed by atoms with Crippen LogP contribution in [-0.2, 0) is 17.6 Å². The molecule has 0 unspecified atom stereocenters. The molecule has 0 aliphatic rings. The van der Waals surface area contributed by atoms with Gasteiger partial charge in [0, 0.05) is 28.8 Å². The summed E-state index contributed by atoms with van der Waals surface area (Å²) in [6.45, 7) is 1.88. The van der Waals surface area contributed by atoms with E-state index in [1.165, 1.54) is 23.5 Å². The fourth-order valence-electron chi connectivity index (χ4n) is 1.65. The van der Waals surface area contributed by atoms with Gasteiger partial charge in [0.2, 0.25) is 0 Å². The lowest BCUT2D eigenvalue weighted by molar-refractivity contribution is -0.117. The second-order valence-electron chi connectivity index (χ2n) is 3.95. The van der Waals surface area contributed by atoms with E-state index in [0.29, 0.717) is 0 Å². The highest BCUT2D eigenvalue weighted by atomic mass is 35.5. The van der Waals surface area contributed by atoms with Gasteiger partial charge in [-0.05, 0) is 19.1 Å². The van der Waals surface area contributed by atoms with E-state index in [9.17, 15) is 9.18 Å². The van der Waals surface area contributed by atoms with Crippen LogP contribution in [0, 0.1) is 12.7 Å². The molecule has 2 nitrogen and oxygen atoms in total. The molecule has 0 radical (unpaired) electrons. The Kier molecular flexibility index (Phi) is 4.09. The molecule has 1 heterocycles. The number of ketones is 1. The topological polar surface area (TPSA) is 30.0 Å². The van der Waals surface area contributed by atoms with Crippen LogP contribution >= 0.6 is 22.9 Å². The second kappa shape index (κ2) is 5.59. The predicted octanol–water partition coefficient (Wildman–Crippen LogP) is 3.60. The molecular weight excluding hydrogens is 273 g/mol. The van der Waals surface area contributed by atoms with Crippen molar-refractivity contribution >= 4 is 28.7 Å². The Morgan fingerprint density at radius 2 is 2.22 bits per heavy atom. The van der Waals surface area contributed by atoms with Gasteiger partial charge in [0.15, 0.2) is 0 Å². The van der Waals surface area contributed by atoms with E-state index in [4.69, 9.17) is 11.6 Å². The zero-order valence-electron chi connectivity index (χ0n) is 9.74. The summed E-state index contributed by atoms with van der Waals surface area (Å²) >= 11 is 7.37. The Bertz CT molecular complexity index is 562. The Morgan fingerprint density at radius 1 is 1.44 bits per heavy atom. The van der Waals surface area contributed by atoms with Gasteiger partial charge in [-0.1, -0.05) is 17.7 Å². The second-order valence-corrected chi connectivity index (χ2v) is 5.42. The first-order valence-corrected chi connectivity index (χ1v) is 6.67. The van der Waals surface area contributed by atoms with Gasteiger partial charge in [0.1, 0.15) is 11.6 Å². The smallest absolute Gasteiger partial charge is 0.143 e. The van der Waals surface area contributed by atoms with E-state index in [-0.39, 0.29) is 29.2 Å². The van der Waals surface area contributed by atoms with Crippen molar-refractivity contribution in [2.75, 3.05) is 0 Å². The number of hydrogen-bond donors (Lipinski definition) is 0. The zero-order valence-corrected chi connectivity index (χ0v) is 11.3. The highest BCUT2D eigenvalue weighted by molar-refractivity contribution is 7.09. The van der Waals surface area contributed by atoms with Crippen LogP contribution in [0.2, 0.25) is 5.02 Å². The van der Waals surface area contributed by atoms with E-state index in [1.807, 2.05) is 12.3 Å². The fraction of sp³-hybridized carbons (Fsp3) is 0.231. The first kappa shape index (κ1) is 13.2. The fourth-order valence-corrected chi connectivity index (χ4v) is 2.49. The largest absolute Gasteiger partial charge is 0.299 e. The first-order chi connectivity index (χ1) is 8.56. The van der Waals surface area contributed by atoms with Crippen LogP contribution in [0.4, 0.5) is 4.39 Å². The molecule has 18 heavy (non-hydrogen) atoms. The molecule has 1 aromatic heterocycles. The predicted molar refractivity (Wildman–Crippen MR) is 70.7 cm³/mol. The van der Waals surface area contributed by atoms with Gasteiger partial charge in [-0.15, -0.1) is 11.3 Å². The van der Waals surface area contributed by atoms with Gasteiger partial charge < -0.3 is 0 Å². The maximum atomic E-state index is 13.5.